The summed E-state index contributed by atoms with van der Waals surface area (Å²) in [4.78, 5) is 25.5. The minimum atomic E-state index is -4.41. The summed E-state index contributed by atoms with van der Waals surface area (Å²) in [5.74, 6) is -0.244. The molecule has 1 aliphatic rings. The third kappa shape index (κ3) is 5.37. The molecule has 0 bridgehead atoms. The van der Waals surface area contributed by atoms with Gasteiger partial charge in [0.1, 0.15) is 0 Å². The van der Waals surface area contributed by atoms with E-state index in [1.54, 1.807) is 11.8 Å². The zero-order valence-electron chi connectivity index (χ0n) is 16.4. The molecule has 1 unspecified atom stereocenters. The second-order valence-electron chi connectivity index (χ2n) is 7.00. The van der Waals surface area contributed by atoms with Crippen LogP contribution < -0.4 is 0 Å². The van der Waals surface area contributed by atoms with Crippen molar-refractivity contribution < 1.29 is 31.9 Å². The van der Waals surface area contributed by atoms with Gasteiger partial charge in [0.15, 0.2) is 0 Å². The Morgan fingerprint density at radius 2 is 1.93 bits per heavy atom. The SMILES string of the molecule is CCOC(=O)CCC(=O)N1CCCC(c2nnc(-c3ccc(C(F)(F)F)cc3)o2)C1. The van der Waals surface area contributed by atoms with E-state index in [-0.39, 0.29) is 37.2 Å². The monoisotopic (exact) mass is 425 g/mol. The molecule has 1 aliphatic heterocycles. The summed E-state index contributed by atoms with van der Waals surface area (Å²) >= 11 is 0. The third-order valence-corrected chi connectivity index (χ3v) is 4.87. The predicted octanol–water partition coefficient (Wildman–Crippen LogP) is 3.80. The highest BCUT2D eigenvalue weighted by Gasteiger charge is 2.31. The first-order chi connectivity index (χ1) is 14.3. The maximum absolute atomic E-state index is 12.7. The van der Waals surface area contributed by atoms with Gasteiger partial charge in [0.25, 0.3) is 0 Å². The quantitative estimate of drug-likeness (QED) is 0.655. The van der Waals surface area contributed by atoms with Gasteiger partial charge in [0.2, 0.25) is 17.7 Å². The molecule has 162 valence electrons. The maximum Gasteiger partial charge on any atom is 0.416 e. The molecule has 2 heterocycles. The number of carbonyl (C=O) groups excluding carboxylic acids is 2. The van der Waals surface area contributed by atoms with E-state index in [0.29, 0.717) is 24.5 Å². The molecular weight excluding hydrogens is 403 g/mol. The van der Waals surface area contributed by atoms with Crippen molar-refractivity contribution in [2.24, 2.45) is 0 Å². The molecule has 0 saturated carbocycles. The smallest absolute Gasteiger partial charge is 0.416 e. The van der Waals surface area contributed by atoms with E-state index in [4.69, 9.17) is 9.15 Å². The molecule has 0 radical (unpaired) electrons. The summed E-state index contributed by atoms with van der Waals surface area (Å²) in [5, 5.41) is 7.97. The normalized spacial score (nSPS) is 17.1. The van der Waals surface area contributed by atoms with Gasteiger partial charge in [-0.05, 0) is 44.0 Å². The molecule has 0 aliphatic carbocycles. The van der Waals surface area contributed by atoms with Crippen LogP contribution in [0.4, 0.5) is 13.2 Å². The van der Waals surface area contributed by atoms with E-state index in [2.05, 4.69) is 10.2 Å². The number of nitrogens with zero attached hydrogens (tertiary/aromatic N) is 3. The Bertz CT molecular complexity index is 880. The lowest BCUT2D eigenvalue weighted by atomic mass is 9.97. The summed E-state index contributed by atoms with van der Waals surface area (Å²) in [7, 11) is 0. The highest BCUT2D eigenvalue weighted by Crippen LogP contribution is 2.32. The minimum absolute atomic E-state index is 0.0342. The number of hydrogen-bond donors (Lipinski definition) is 0. The number of benzene rings is 1. The zero-order chi connectivity index (χ0) is 21.7. The van der Waals surface area contributed by atoms with Crippen LogP contribution in [0.25, 0.3) is 11.5 Å². The van der Waals surface area contributed by atoms with Gasteiger partial charge < -0.3 is 14.1 Å². The number of likely N-dealkylation sites (tertiary alicyclic amines) is 1. The third-order valence-electron chi connectivity index (χ3n) is 4.87. The van der Waals surface area contributed by atoms with Gasteiger partial charge in [0.05, 0.1) is 24.5 Å². The number of piperidine rings is 1. The summed E-state index contributed by atoms with van der Waals surface area (Å²) in [6.07, 6.45) is -2.81. The Hall–Kier alpha value is -2.91. The molecule has 0 N–H and O–H groups in total. The Morgan fingerprint density at radius 1 is 1.20 bits per heavy atom. The highest BCUT2D eigenvalue weighted by atomic mass is 19.4. The van der Waals surface area contributed by atoms with Gasteiger partial charge in [-0.25, -0.2) is 0 Å². The molecule has 1 aromatic carbocycles. The topological polar surface area (TPSA) is 85.5 Å². The van der Waals surface area contributed by atoms with Crippen LogP contribution in [0, 0.1) is 0 Å². The largest absolute Gasteiger partial charge is 0.466 e. The van der Waals surface area contributed by atoms with Crippen LogP contribution in [0.15, 0.2) is 28.7 Å². The van der Waals surface area contributed by atoms with Crippen LogP contribution in [0.2, 0.25) is 0 Å². The van der Waals surface area contributed by atoms with Crippen LogP contribution in [0.3, 0.4) is 0 Å². The number of carbonyl (C=O) groups is 2. The molecule has 10 heteroatoms. The van der Waals surface area contributed by atoms with Crippen LogP contribution in [-0.2, 0) is 20.5 Å². The lowest BCUT2D eigenvalue weighted by molar-refractivity contribution is -0.146. The van der Waals surface area contributed by atoms with E-state index in [9.17, 15) is 22.8 Å². The molecule has 3 rings (SSSR count). The Balaban J connectivity index is 1.62. The molecule has 30 heavy (non-hydrogen) atoms. The van der Waals surface area contributed by atoms with Crippen molar-refractivity contribution in [1.29, 1.82) is 0 Å². The summed E-state index contributed by atoms with van der Waals surface area (Å²) in [6.45, 7) is 2.95. The van der Waals surface area contributed by atoms with Crippen molar-refractivity contribution in [3.63, 3.8) is 0 Å². The lowest BCUT2D eigenvalue weighted by Gasteiger charge is -2.31. The number of hydrogen-bond acceptors (Lipinski definition) is 6. The molecule has 1 atom stereocenters. The molecule has 1 aromatic heterocycles. The van der Waals surface area contributed by atoms with Gasteiger partial charge in [0, 0.05) is 25.1 Å². The number of alkyl halides is 3. The van der Waals surface area contributed by atoms with E-state index < -0.39 is 17.7 Å². The first kappa shape index (κ1) is 21.8. The van der Waals surface area contributed by atoms with Gasteiger partial charge in [-0.15, -0.1) is 10.2 Å². The average Bonchev–Trinajstić information content (AvgIpc) is 3.22. The van der Waals surface area contributed by atoms with E-state index in [0.717, 1.165) is 25.0 Å². The van der Waals surface area contributed by atoms with Crippen LogP contribution in [-0.4, -0.2) is 46.7 Å². The molecular formula is C20H22F3N3O4. The van der Waals surface area contributed by atoms with Gasteiger partial charge in [-0.3, -0.25) is 9.59 Å². The minimum Gasteiger partial charge on any atom is -0.466 e. The fourth-order valence-electron chi connectivity index (χ4n) is 3.32. The standard InChI is InChI=1S/C20H22F3N3O4/c1-2-29-17(28)10-9-16(27)26-11-3-4-14(12-26)19-25-24-18(30-19)13-5-7-15(8-6-13)20(21,22)23/h5-8,14H,2-4,9-12H2,1H3. The van der Waals surface area contributed by atoms with Gasteiger partial charge in [-0.2, -0.15) is 13.2 Å². The van der Waals surface area contributed by atoms with Crippen molar-refractivity contribution in [2.45, 2.75) is 44.7 Å². The fraction of sp³-hybridized carbons (Fsp3) is 0.500. The maximum atomic E-state index is 12.7. The summed E-state index contributed by atoms with van der Waals surface area (Å²) < 4.78 is 48.6. The highest BCUT2D eigenvalue weighted by molar-refractivity contribution is 5.81. The van der Waals surface area contributed by atoms with Crippen LogP contribution in [0.1, 0.15) is 50.0 Å². The molecule has 1 fully saturated rings. The van der Waals surface area contributed by atoms with E-state index in [1.807, 2.05) is 0 Å². The van der Waals surface area contributed by atoms with Crippen LogP contribution in [0.5, 0.6) is 0 Å². The number of esters is 1. The van der Waals surface area contributed by atoms with Crippen molar-refractivity contribution in [3.8, 4) is 11.5 Å². The number of aromatic nitrogens is 2. The van der Waals surface area contributed by atoms with Gasteiger partial charge >= 0.3 is 12.1 Å². The lowest BCUT2D eigenvalue weighted by Crippen LogP contribution is -2.39. The van der Waals surface area contributed by atoms with Crippen molar-refractivity contribution in [1.82, 2.24) is 15.1 Å². The summed E-state index contributed by atoms with van der Waals surface area (Å²) in [6, 6.07) is 4.49. The predicted molar refractivity (Wildman–Crippen MR) is 99.2 cm³/mol. The molecule has 0 spiro atoms. The Kier molecular flexibility index (Phi) is 6.73. The number of rotatable bonds is 6. The van der Waals surface area contributed by atoms with Crippen molar-refractivity contribution in [3.05, 3.63) is 35.7 Å². The second-order valence-corrected chi connectivity index (χ2v) is 7.00. The first-order valence-corrected chi connectivity index (χ1v) is 9.72. The van der Waals surface area contributed by atoms with E-state index >= 15 is 0 Å². The molecule has 1 amide bonds. The van der Waals surface area contributed by atoms with Crippen molar-refractivity contribution >= 4 is 11.9 Å². The number of amides is 1. The Morgan fingerprint density at radius 3 is 2.60 bits per heavy atom. The fourth-order valence-corrected chi connectivity index (χ4v) is 3.32. The molecule has 2 aromatic rings. The average molecular weight is 425 g/mol. The molecule has 1 saturated heterocycles. The van der Waals surface area contributed by atoms with Gasteiger partial charge in [-0.1, -0.05) is 0 Å². The first-order valence-electron chi connectivity index (χ1n) is 9.72. The zero-order valence-corrected chi connectivity index (χ0v) is 16.4. The second kappa shape index (κ2) is 9.27. The number of ether oxygens (including phenoxy) is 1. The molecule has 7 nitrogen and oxygen atoms in total. The van der Waals surface area contributed by atoms with Crippen molar-refractivity contribution in [2.75, 3.05) is 19.7 Å². The van der Waals surface area contributed by atoms with Crippen LogP contribution >= 0.6 is 0 Å². The number of halogens is 3. The summed E-state index contributed by atoms with van der Waals surface area (Å²) in [5.41, 5.74) is -0.366. The Labute approximate surface area is 171 Å². The van der Waals surface area contributed by atoms with E-state index in [1.165, 1.54) is 12.1 Å².